The van der Waals surface area contributed by atoms with E-state index in [0.717, 1.165) is 27.3 Å². The van der Waals surface area contributed by atoms with Crippen LogP contribution >= 0.6 is 11.8 Å². The number of amides is 2. The summed E-state index contributed by atoms with van der Waals surface area (Å²) >= 11 is 1.65. The van der Waals surface area contributed by atoms with E-state index in [4.69, 9.17) is 14.2 Å². The normalized spacial score (nSPS) is 20.8. The topological polar surface area (TPSA) is 123 Å². The van der Waals surface area contributed by atoms with Crippen LogP contribution in [-0.2, 0) is 35.2 Å². The molecule has 0 radical (unpaired) electrons. The standard InChI is InChI=1S/C32H36N2O7S/c1-19-29(18-42-28-14-12-26(13-15-28)33-21(3)36)40-32(41-30(19)24-10-8-23(17-35)9-11-24)25-6-5-7-27(16-25)34-31(38)20(2)39-22(4)37/h5-16,19-20,29-30,32,35H,17-18H2,1-4H3,(H,33,36)(H,34,38). The fourth-order valence-electron chi connectivity index (χ4n) is 4.64. The summed E-state index contributed by atoms with van der Waals surface area (Å²) in [7, 11) is 0. The number of aliphatic hydroxyl groups is 1. The van der Waals surface area contributed by atoms with E-state index in [1.807, 2.05) is 54.6 Å². The van der Waals surface area contributed by atoms with Gasteiger partial charge in [0.15, 0.2) is 12.4 Å². The molecule has 0 spiro atoms. The Labute approximate surface area is 249 Å². The van der Waals surface area contributed by atoms with Gasteiger partial charge in [-0.1, -0.05) is 43.3 Å². The number of rotatable bonds is 10. The molecule has 5 atom stereocenters. The van der Waals surface area contributed by atoms with Crippen LogP contribution in [-0.4, -0.2) is 40.9 Å². The van der Waals surface area contributed by atoms with Gasteiger partial charge < -0.3 is 30.0 Å². The van der Waals surface area contributed by atoms with Gasteiger partial charge in [-0.3, -0.25) is 14.4 Å². The first kappa shape index (κ1) is 31.2. The van der Waals surface area contributed by atoms with Crippen molar-refractivity contribution >= 4 is 40.9 Å². The molecule has 5 unspecified atom stereocenters. The SMILES string of the molecule is CC(=O)Nc1ccc(SCC2OC(c3cccc(NC(=O)C(C)OC(C)=O)c3)OC(c3ccc(CO)cc3)C2C)cc1. The first-order chi connectivity index (χ1) is 20.1. The number of nitrogens with one attached hydrogen (secondary N) is 2. The van der Waals surface area contributed by atoms with Crippen LogP contribution in [0.15, 0.2) is 77.7 Å². The molecule has 3 aromatic rings. The van der Waals surface area contributed by atoms with Gasteiger partial charge in [-0.25, -0.2) is 0 Å². The second kappa shape index (κ2) is 14.5. The first-order valence-electron chi connectivity index (χ1n) is 13.7. The lowest BCUT2D eigenvalue weighted by molar-refractivity contribution is -0.268. The molecule has 0 saturated carbocycles. The lowest BCUT2D eigenvalue weighted by atomic mass is 9.91. The molecule has 0 bridgehead atoms. The van der Waals surface area contributed by atoms with Crippen molar-refractivity contribution in [3.63, 3.8) is 0 Å². The molecule has 1 aliphatic rings. The Hall–Kier alpha value is -3.70. The number of esters is 1. The van der Waals surface area contributed by atoms with Crippen LogP contribution in [0.4, 0.5) is 11.4 Å². The van der Waals surface area contributed by atoms with E-state index in [0.29, 0.717) is 11.4 Å². The van der Waals surface area contributed by atoms with E-state index in [-0.39, 0.29) is 30.6 Å². The van der Waals surface area contributed by atoms with Gasteiger partial charge in [-0.05, 0) is 54.4 Å². The van der Waals surface area contributed by atoms with Crippen LogP contribution in [0.1, 0.15) is 56.8 Å². The third kappa shape index (κ3) is 8.42. The summed E-state index contributed by atoms with van der Waals surface area (Å²) in [5.41, 5.74) is 3.78. The number of anilines is 2. The Morgan fingerprint density at radius 2 is 1.64 bits per heavy atom. The Balaban J connectivity index is 1.54. The Morgan fingerprint density at radius 3 is 2.29 bits per heavy atom. The minimum absolute atomic E-state index is 0.000145. The largest absolute Gasteiger partial charge is 0.453 e. The summed E-state index contributed by atoms with van der Waals surface area (Å²) < 4.78 is 18.0. The van der Waals surface area contributed by atoms with E-state index in [1.165, 1.54) is 20.8 Å². The van der Waals surface area contributed by atoms with Gasteiger partial charge in [0, 0.05) is 47.4 Å². The van der Waals surface area contributed by atoms with Gasteiger partial charge in [-0.15, -0.1) is 11.8 Å². The predicted octanol–water partition coefficient (Wildman–Crippen LogP) is 5.61. The van der Waals surface area contributed by atoms with Gasteiger partial charge in [0.25, 0.3) is 5.91 Å². The second-order valence-corrected chi connectivity index (χ2v) is 11.3. The monoisotopic (exact) mass is 592 g/mol. The van der Waals surface area contributed by atoms with Crippen molar-refractivity contribution in [2.45, 2.75) is 63.8 Å². The zero-order valence-corrected chi connectivity index (χ0v) is 24.9. The molecule has 1 fully saturated rings. The van der Waals surface area contributed by atoms with Crippen LogP contribution in [0.5, 0.6) is 0 Å². The third-order valence-electron chi connectivity index (χ3n) is 6.85. The maximum absolute atomic E-state index is 12.5. The highest BCUT2D eigenvalue weighted by atomic mass is 32.2. The van der Waals surface area contributed by atoms with Crippen molar-refractivity contribution in [2.24, 2.45) is 5.92 Å². The molecular formula is C32H36N2O7S. The van der Waals surface area contributed by atoms with Crippen LogP contribution in [0.25, 0.3) is 0 Å². The first-order valence-corrected chi connectivity index (χ1v) is 14.7. The Kier molecular flexibility index (Phi) is 10.8. The lowest BCUT2D eigenvalue weighted by Crippen LogP contribution is -2.38. The quantitative estimate of drug-likeness (QED) is 0.205. The van der Waals surface area contributed by atoms with E-state index in [2.05, 4.69) is 17.6 Å². The van der Waals surface area contributed by atoms with Gasteiger partial charge in [-0.2, -0.15) is 0 Å². The number of ether oxygens (including phenoxy) is 3. The highest BCUT2D eigenvalue weighted by Gasteiger charge is 2.38. The van der Waals surface area contributed by atoms with Crippen molar-refractivity contribution < 1.29 is 33.7 Å². The average Bonchev–Trinajstić information content (AvgIpc) is 2.97. The third-order valence-corrected chi connectivity index (χ3v) is 7.95. The summed E-state index contributed by atoms with van der Waals surface area (Å²) in [5.74, 6) is -0.439. The fourth-order valence-corrected chi connectivity index (χ4v) is 5.70. The molecule has 1 aliphatic heterocycles. The van der Waals surface area contributed by atoms with E-state index < -0.39 is 24.3 Å². The fraction of sp³-hybridized carbons (Fsp3) is 0.344. The lowest BCUT2D eigenvalue weighted by Gasteiger charge is -2.41. The van der Waals surface area contributed by atoms with Crippen molar-refractivity contribution in [3.05, 3.63) is 89.5 Å². The molecule has 1 saturated heterocycles. The number of hydrogen-bond acceptors (Lipinski definition) is 8. The minimum Gasteiger partial charge on any atom is -0.453 e. The summed E-state index contributed by atoms with van der Waals surface area (Å²) in [6.45, 7) is 6.30. The van der Waals surface area contributed by atoms with Crippen LogP contribution < -0.4 is 10.6 Å². The van der Waals surface area contributed by atoms with Crippen LogP contribution in [0.2, 0.25) is 0 Å². The molecule has 4 rings (SSSR count). The van der Waals surface area contributed by atoms with Gasteiger partial charge >= 0.3 is 5.97 Å². The zero-order valence-electron chi connectivity index (χ0n) is 24.0. The summed E-state index contributed by atoms with van der Waals surface area (Å²) in [6, 6.07) is 22.6. The number of benzene rings is 3. The zero-order chi connectivity index (χ0) is 30.2. The Bertz CT molecular complexity index is 1380. The molecule has 9 nitrogen and oxygen atoms in total. The molecule has 3 aromatic carbocycles. The molecular weight excluding hydrogens is 556 g/mol. The smallest absolute Gasteiger partial charge is 0.303 e. The molecule has 42 heavy (non-hydrogen) atoms. The molecule has 10 heteroatoms. The number of carbonyl (C=O) groups excluding carboxylic acids is 3. The molecule has 0 aromatic heterocycles. The van der Waals surface area contributed by atoms with Crippen LogP contribution in [0.3, 0.4) is 0 Å². The second-order valence-electron chi connectivity index (χ2n) is 10.2. The predicted molar refractivity (Wildman–Crippen MR) is 161 cm³/mol. The van der Waals surface area contributed by atoms with Gasteiger partial charge in [0.1, 0.15) is 0 Å². The number of thioether (sulfide) groups is 1. The Morgan fingerprint density at radius 1 is 0.929 bits per heavy atom. The van der Waals surface area contributed by atoms with Crippen molar-refractivity contribution in [3.8, 4) is 0 Å². The number of hydrogen-bond donors (Lipinski definition) is 3. The van der Waals surface area contributed by atoms with Gasteiger partial charge in [0.2, 0.25) is 5.91 Å². The van der Waals surface area contributed by atoms with Crippen molar-refractivity contribution in [2.75, 3.05) is 16.4 Å². The maximum Gasteiger partial charge on any atom is 0.303 e. The van der Waals surface area contributed by atoms with Crippen molar-refractivity contribution in [1.29, 1.82) is 0 Å². The van der Waals surface area contributed by atoms with E-state index in [9.17, 15) is 19.5 Å². The van der Waals surface area contributed by atoms with E-state index in [1.54, 1.807) is 30.0 Å². The maximum atomic E-state index is 12.5. The van der Waals surface area contributed by atoms with Crippen LogP contribution in [0, 0.1) is 5.92 Å². The average molecular weight is 593 g/mol. The number of carbonyl (C=O) groups is 3. The van der Waals surface area contributed by atoms with E-state index >= 15 is 0 Å². The summed E-state index contributed by atoms with van der Waals surface area (Å²) in [5, 5.41) is 15.1. The molecule has 1 heterocycles. The molecule has 0 aliphatic carbocycles. The summed E-state index contributed by atoms with van der Waals surface area (Å²) in [6.07, 6.45) is -2.12. The molecule has 3 N–H and O–H groups in total. The number of aliphatic hydroxyl groups excluding tert-OH is 1. The highest BCUT2D eigenvalue weighted by Crippen LogP contribution is 2.43. The minimum atomic E-state index is -0.936. The molecule has 2 amide bonds. The highest BCUT2D eigenvalue weighted by molar-refractivity contribution is 7.99. The van der Waals surface area contributed by atoms with Crippen molar-refractivity contribution in [1.82, 2.24) is 0 Å². The summed E-state index contributed by atoms with van der Waals surface area (Å²) in [4.78, 5) is 36.2. The van der Waals surface area contributed by atoms with Gasteiger partial charge in [0.05, 0.1) is 18.8 Å². The molecule has 222 valence electrons.